The summed E-state index contributed by atoms with van der Waals surface area (Å²) < 4.78 is 3.32. The Hall–Kier alpha value is 5.72. The molecule has 0 aromatic carbocycles. The van der Waals surface area contributed by atoms with Crippen molar-refractivity contribution >= 4 is 191 Å². The summed E-state index contributed by atoms with van der Waals surface area (Å²) in [5, 5.41) is 1.20. The molecule has 0 aliphatic heterocycles. The molecule has 0 heterocycles. The zero-order valence-corrected chi connectivity index (χ0v) is 30.4. The van der Waals surface area contributed by atoms with Crippen LogP contribution in [-0.2, 0) is 4.74 Å². The standard InChI is InChI=1S/C10H10Br12O/c1-5(3-11,7(13,14)15)9(19,20)23-10(21,22)6(2,4-12)8(16,17)18/h3-4H2,1-2H3. The van der Waals surface area contributed by atoms with E-state index < -0.39 is 22.0 Å². The lowest BCUT2D eigenvalue weighted by Gasteiger charge is -2.52. The Morgan fingerprint density at radius 3 is 0.913 bits per heavy atom. The van der Waals surface area contributed by atoms with Crippen molar-refractivity contribution in [1.82, 2.24) is 0 Å². The quantitative estimate of drug-likeness (QED) is 0.241. The van der Waals surface area contributed by atoms with E-state index in [-0.39, 0.29) is 0 Å². The lowest BCUT2D eigenvalue weighted by atomic mass is 9.95. The molecular weight excluding hydrogens is 1090 g/mol. The molecule has 0 aromatic rings. The van der Waals surface area contributed by atoms with E-state index in [9.17, 15) is 0 Å². The van der Waals surface area contributed by atoms with E-state index in [4.69, 9.17) is 4.74 Å². The molecule has 13 heteroatoms. The van der Waals surface area contributed by atoms with Gasteiger partial charge in [-0.1, -0.05) is 141 Å². The summed E-state index contributed by atoms with van der Waals surface area (Å²) in [5.41, 5.74) is -1.04. The van der Waals surface area contributed by atoms with Crippen LogP contribution in [0.15, 0.2) is 0 Å². The Morgan fingerprint density at radius 2 is 0.783 bits per heavy atom. The molecule has 0 saturated carbocycles. The number of halogens is 12. The highest BCUT2D eigenvalue weighted by Gasteiger charge is 2.63. The van der Waals surface area contributed by atoms with Crippen molar-refractivity contribution in [2.45, 2.75) is 25.0 Å². The molecule has 0 aromatic heterocycles. The Balaban J connectivity index is 5.94. The van der Waals surface area contributed by atoms with Crippen LogP contribution in [0.5, 0.6) is 0 Å². The van der Waals surface area contributed by atoms with Crippen molar-refractivity contribution in [1.29, 1.82) is 0 Å². The maximum absolute atomic E-state index is 6.42. The molecule has 2 unspecified atom stereocenters. The van der Waals surface area contributed by atoms with E-state index in [0.717, 1.165) is 0 Å². The normalized spacial score (nSPS) is 20.1. The van der Waals surface area contributed by atoms with E-state index in [1.54, 1.807) is 0 Å². The molecule has 0 spiro atoms. The van der Waals surface area contributed by atoms with Crippen molar-refractivity contribution in [2.75, 3.05) is 10.7 Å². The minimum Gasteiger partial charge on any atom is -0.324 e. The van der Waals surface area contributed by atoms with E-state index >= 15 is 0 Å². The molecule has 0 amide bonds. The van der Waals surface area contributed by atoms with Gasteiger partial charge in [0.05, 0.1) is 10.8 Å². The highest BCUT2D eigenvalue weighted by Crippen LogP contribution is 2.67. The van der Waals surface area contributed by atoms with Gasteiger partial charge in [-0.15, -0.1) is 0 Å². The number of hydrogen-bond donors (Lipinski definition) is 0. The van der Waals surface area contributed by atoms with E-state index in [0.29, 0.717) is 10.7 Å². The molecule has 140 valence electrons. The van der Waals surface area contributed by atoms with Gasteiger partial charge in [-0.2, -0.15) is 0 Å². The monoisotopic (exact) mass is 1090 g/mol. The van der Waals surface area contributed by atoms with Crippen LogP contribution in [0.3, 0.4) is 0 Å². The van der Waals surface area contributed by atoms with E-state index in [1.807, 2.05) is 13.8 Å². The fraction of sp³-hybridized carbons (Fsp3) is 1.00. The average Bonchev–Trinajstić information content (AvgIpc) is 2.31. The maximum atomic E-state index is 6.42. The third-order valence-corrected chi connectivity index (χ3v) is 15.0. The summed E-state index contributed by atoms with van der Waals surface area (Å²) in [5.74, 6) is 0. The third kappa shape index (κ3) is 6.35. The van der Waals surface area contributed by atoms with Crippen molar-refractivity contribution in [3.63, 3.8) is 0 Å². The van der Waals surface area contributed by atoms with Crippen LogP contribution < -0.4 is 0 Å². The van der Waals surface area contributed by atoms with Gasteiger partial charge in [0.25, 0.3) is 0 Å². The topological polar surface area (TPSA) is 9.23 Å². The van der Waals surface area contributed by atoms with Gasteiger partial charge in [-0.25, -0.2) is 0 Å². The smallest absolute Gasteiger partial charge is 0.189 e. The number of ether oxygens (including phenoxy) is 1. The molecule has 23 heavy (non-hydrogen) atoms. The first-order chi connectivity index (χ1) is 9.83. The SMILES string of the molecule is CC(CBr)(C(Br)(Br)Br)C(Br)(Br)OC(Br)(Br)C(C)(CBr)C(Br)(Br)Br. The first-order valence-corrected chi connectivity index (χ1v) is 15.7. The lowest BCUT2D eigenvalue weighted by molar-refractivity contribution is -0.0393. The fourth-order valence-corrected chi connectivity index (χ4v) is 15.7. The van der Waals surface area contributed by atoms with E-state index in [2.05, 4.69) is 191 Å². The summed E-state index contributed by atoms with van der Waals surface area (Å²) in [6.07, 6.45) is 0. The molecule has 0 bridgehead atoms. The predicted molar refractivity (Wildman–Crippen MR) is 145 cm³/mol. The van der Waals surface area contributed by atoms with Crippen LogP contribution in [-0.4, -0.2) is 21.8 Å². The maximum Gasteiger partial charge on any atom is 0.189 e. The second-order valence-corrected chi connectivity index (χ2v) is 26.3. The Labute approximate surface area is 238 Å². The number of alkyl halides is 12. The van der Waals surface area contributed by atoms with E-state index in [1.165, 1.54) is 0 Å². The Morgan fingerprint density at radius 1 is 0.565 bits per heavy atom. The second kappa shape index (κ2) is 9.90. The van der Waals surface area contributed by atoms with Gasteiger partial charge in [0.2, 0.25) is 0 Å². The molecule has 0 N–H and O–H groups in total. The highest BCUT2D eigenvalue weighted by molar-refractivity contribution is 9.40. The molecule has 2 atom stereocenters. The van der Waals surface area contributed by atoms with Crippen LogP contribution in [0.25, 0.3) is 0 Å². The summed E-state index contributed by atoms with van der Waals surface area (Å²) in [6.45, 7) is 4.05. The Bertz CT molecular complexity index is 375. The highest BCUT2D eigenvalue weighted by atomic mass is 80.0. The molecule has 0 aliphatic carbocycles. The van der Waals surface area contributed by atoms with Crippen LogP contribution in [0, 0.1) is 10.8 Å². The second-order valence-electron chi connectivity index (χ2n) is 5.06. The summed E-state index contributed by atoms with van der Waals surface area (Å²) >= 11 is 43.5. The number of hydrogen-bond acceptors (Lipinski definition) is 1. The van der Waals surface area contributed by atoms with Crippen molar-refractivity contribution in [3.8, 4) is 0 Å². The zero-order valence-electron chi connectivity index (χ0n) is 11.4. The van der Waals surface area contributed by atoms with Crippen molar-refractivity contribution in [2.24, 2.45) is 10.8 Å². The zero-order chi connectivity index (χ0) is 19.1. The van der Waals surface area contributed by atoms with Crippen LogP contribution in [0.1, 0.15) is 13.8 Å². The van der Waals surface area contributed by atoms with Crippen molar-refractivity contribution < 1.29 is 4.74 Å². The van der Waals surface area contributed by atoms with Gasteiger partial charge in [-0.05, 0) is 63.7 Å². The minimum absolute atomic E-state index is 0.520. The van der Waals surface area contributed by atoms with Crippen molar-refractivity contribution in [3.05, 3.63) is 0 Å². The van der Waals surface area contributed by atoms with Gasteiger partial charge < -0.3 is 4.74 Å². The van der Waals surface area contributed by atoms with Gasteiger partial charge in [0, 0.05) is 10.7 Å². The van der Waals surface area contributed by atoms with Crippen LogP contribution >= 0.6 is 191 Å². The van der Waals surface area contributed by atoms with Gasteiger partial charge in [-0.3, -0.25) is 0 Å². The first-order valence-electron chi connectivity index (χ1n) is 5.54. The molecule has 0 radical (unpaired) electrons. The van der Waals surface area contributed by atoms with Crippen LogP contribution in [0.2, 0.25) is 0 Å². The molecule has 0 fully saturated rings. The predicted octanol–water partition coefficient (Wildman–Crippen LogP) is 10.4. The molecule has 0 rings (SSSR count). The first kappa shape index (κ1) is 28.7. The lowest BCUT2D eigenvalue weighted by Crippen LogP contribution is -2.56. The Kier molecular flexibility index (Phi) is 12.4. The van der Waals surface area contributed by atoms with Gasteiger partial charge in [0.15, 0.2) is 6.84 Å². The third-order valence-electron chi connectivity index (χ3n) is 3.33. The van der Waals surface area contributed by atoms with Crippen LogP contribution in [0.4, 0.5) is 0 Å². The molecular formula is C10H10Br12O. The summed E-state index contributed by atoms with van der Waals surface area (Å²) in [6, 6.07) is 0. The number of rotatable bonds is 6. The summed E-state index contributed by atoms with van der Waals surface area (Å²) in [7, 11) is 0. The average molecular weight is 1110 g/mol. The molecule has 1 nitrogen and oxygen atoms in total. The summed E-state index contributed by atoms with van der Waals surface area (Å²) in [4.78, 5) is 0. The van der Waals surface area contributed by atoms with Gasteiger partial charge >= 0.3 is 0 Å². The molecule has 0 saturated heterocycles. The molecule has 0 aliphatic rings. The minimum atomic E-state index is -0.943. The fourth-order valence-electron chi connectivity index (χ4n) is 1.02. The largest absolute Gasteiger partial charge is 0.324 e. The van der Waals surface area contributed by atoms with Gasteiger partial charge in [0.1, 0.15) is 4.29 Å².